The molecule has 0 atom stereocenters. The van der Waals surface area contributed by atoms with Crippen molar-refractivity contribution in [2.45, 2.75) is 63.5 Å². The molecule has 0 saturated heterocycles. The number of hydrogen-bond donors (Lipinski definition) is 2. The minimum absolute atomic E-state index is 0.635. The van der Waals surface area contributed by atoms with Crippen LogP contribution in [0.1, 0.15) is 49.8 Å². The maximum atomic E-state index is 4.77. The summed E-state index contributed by atoms with van der Waals surface area (Å²) < 4.78 is 0. The lowest BCUT2D eigenvalue weighted by molar-refractivity contribution is 0.409. The molecule has 1 aromatic rings. The molecular formula is C16H25N3S. The third-order valence-corrected chi connectivity index (χ3v) is 5.01. The van der Waals surface area contributed by atoms with Gasteiger partial charge in [0.25, 0.3) is 0 Å². The monoisotopic (exact) mass is 291 g/mol. The van der Waals surface area contributed by atoms with Gasteiger partial charge in [-0.3, -0.25) is 4.99 Å². The first-order valence-corrected chi connectivity index (χ1v) is 8.88. The molecule has 3 rings (SSSR count). The molecule has 3 nitrogen and oxygen atoms in total. The van der Waals surface area contributed by atoms with Gasteiger partial charge in [0.15, 0.2) is 5.96 Å². The quantitative estimate of drug-likeness (QED) is 0.645. The first kappa shape index (κ1) is 13.9. The van der Waals surface area contributed by atoms with Crippen LogP contribution in [-0.2, 0) is 6.42 Å². The van der Waals surface area contributed by atoms with Gasteiger partial charge in [-0.1, -0.05) is 25.3 Å². The largest absolute Gasteiger partial charge is 0.354 e. The second-order valence-electron chi connectivity index (χ2n) is 5.96. The molecule has 0 aliphatic heterocycles. The van der Waals surface area contributed by atoms with Crippen molar-refractivity contribution in [1.29, 1.82) is 0 Å². The smallest absolute Gasteiger partial charge is 0.191 e. The highest BCUT2D eigenvalue weighted by molar-refractivity contribution is 7.09. The Labute approximate surface area is 125 Å². The second-order valence-corrected chi connectivity index (χ2v) is 6.99. The van der Waals surface area contributed by atoms with Crippen molar-refractivity contribution in [3.8, 4) is 0 Å². The van der Waals surface area contributed by atoms with Crippen LogP contribution in [0.3, 0.4) is 0 Å². The third-order valence-electron chi connectivity index (χ3n) is 4.07. The zero-order valence-corrected chi connectivity index (χ0v) is 12.9. The number of hydrogen-bond acceptors (Lipinski definition) is 2. The number of nitrogens with zero attached hydrogens (tertiary/aromatic N) is 1. The standard InChI is InChI=1S/C16H25N3S/c1-2-5-13(6-3-1)18-16(19-14-8-9-14)17-11-10-15-7-4-12-20-15/h4,7,12-14H,1-3,5-6,8-11H2,(H2,17,18,19). The fraction of sp³-hybridized carbons (Fsp3) is 0.688. The average molecular weight is 291 g/mol. The van der Waals surface area contributed by atoms with Gasteiger partial charge in [0.2, 0.25) is 0 Å². The van der Waals surface area contributed by atoms with Crippen molar-refractivity contribution in [1.82, 2.24) is 10.6 Å². The zero-order chi connectivity index (χ0) is 13.6. The Bertz CT molecular complexity index is 417. The molecule has 0 aromatic carbocycles. The van der Waals surface area contributed by atoms with Crippen LogP contribution in [0.5, 0.6) is 0 Å². The molecule has 110 valence electrons. The summed E-state index contributed by atoms with van der Waals surface area (Å²) in [4.78, 5) is 6.20. The van der Waals surface area contributed by atoms with E-state index in [0.717, 1.165) is 18.9 Å². The van der Waals surface area contributed by atoms with Crippen LogP contribution >= 0.6 is 11.3 Å². The lowest BCUT2D eigenvalue weighted by Gasteiger charge is -2.25. The van der Waals surface area contributed by atoms with Gasteiger partial charge in [0.05, 0.1) is 0 Å². The molecule has 0 unspecified atom stereocenters. The number of thiophene rings is 1. The summed E-state index contributed by atoms with van der Waals surface area (Å²) in [6.45, 7) is 0.884. The molecule has 2 saturated carbocycles. The molecule has 0 spiro atoms. The van der Waals surface area contributed by atoms with Gasteiger partial charge in [0, 0.05) is 29.9 Å². The molecular weight excluding hydrogens is 266 g/mol. The molecule has 1 heterocycles. The van der Waals surface area contributed by atoms with Gasteiger partial charge in [-0.2, -0.15) is 0 Å². The van der Waals surface area contributed by atoms with Crippen LogP contribution in [0.25, 0.3) is 0 Å². The van der Waals surface area contributed by atoms with Crippen molar-refractivity contribution >= 4 is 17.3 Å². The van der Waals surface area contributed by atoms with Gasteiger partial charge < -0.3 is 10.6 Å². The summed E-state index contributed by atoms with van der Waals surface area (Å²) in [5.41, 5.74) is 0. The lowest BCUT2D eigenvalue weighted by Crippen LogP contribution is -2.45. The molecule has 0 radical (unpaired) electrons. The summed E-state index contributed by atoms with van der Waals surface area (Å²) in [5.74, 6) is 1.05. The van der Waals surface area contributed by atoms with E-state index >= 15 is 0 Å². The summed E-state index contributed by atoms with van der Waals surface area (Å²) in [5, 5.41) is 9.35. The molecule has 4 heteroatoms. The van der Waals surface area contributed by atoms with Crippen LogP contribution in [0.2, 0.25) is 0 Å². The van der Waals surface area contributed by atoms with Gasteiger partial charge in [-0.25, -0.2) is 0 Å². The predicted molar refractivity (Wildman–Crippen MR) is 86.5 cm³/mol. The zero-order valence-electron chi connectivity index (χ0n) is 12.1. The van der Waals surface area contributed by atoms with Crippen molar-refractivity contribution in [2.75, 3.05) is 6.54 Å². The summed E-state index contributed by atoms with van der Waals surface area (Å²) in [6.07, 6.45) is 10.4. The number of rotatable bonds is 5. The molecule has 2 aliphatic rings. The molecule has 2 N–H and O–H groups in total. The van der Waals surface area contributed by atoms with Crippen LogP contribution < -0.4 is 10.6 Å². The van der Waals surface area contributed by atoms with Crippen molar-refractivity contribution in [3.63, 3.8) is 0 Å². The van der Waals surface area contributed by atoms with E-state index in [0.29, 0.717) is 12.1 Å². The minimum Gasteiger partial charge on any atom is -0.354 e. The number of aliphatic imine (C=N–C) groups is 1. The highest BCUT2D eigenvalue weighted by Crippen LogP contribution is 2.20. The van der Waals surface area contributed by atoms with Gasteiger partial charge >= 0.3 is 0 Å². The maximum Gasteiger partial charge on any atom is 0.191 e. The summed E-state index contributed by atoms with van der Waals surface area (Å²) in [6, 6.07) is 5.62. The van der Waals surface area contributed by atoms with Crippen molar-refractivity contribution < 1.29 is 0 Å². The Morgan fingerprint density at radius 1 is 1.10 bits per heavy atom. The van der Waals surface area contributed by atoms with Crippen LogP contribution in [0.15, 0.2) is 22.5 Å². The molecule has 2 fully saturated rings. The Kier molecular flexibility index (Phi) is 4.96. The average Bonchev–Trinajstić information content (AvgIpc) is 3.13. The fourth-order valence-electron chi connectivity index (χ4n) is 2.73. The number of nitrogens with one attached hydrogen (secondary N) is 2. The number of guanidine groups is 1. The van der Waals surface area contributed by atoms with E-state index in [1.165, 1.54) is 49.8 Å². The first-order chi connectivity index (χ1) is 9.90. The van der Waals surface area contributed by atoms with Crippen molar-refractivity contribution in [3.05, 3.63) is 22.4 Å². The first-order valence-electron chi connectivity index (χ1n) is 8.00. The molecule has 1 aromatic heterocycles. The Balaban J connectivity index is 1.50. The molecule has 0 amide bonds. The van der Waals surface area contributed by atoms with E-state index in [-0.39, 0.29) is 0 Å². The van der Waals surface area contributed by atoms with Crippen molar-refractivity contribution in [2.24, 2.45) is 4.99 Å². The fourth-order valence-corrected chi connectivity index (χ4v) is 3.43. The van der Waals surface area contributed by atoms with E-state index in [9.17, 15) is 0 Å². The van der Waals surface area contributed by atoms with E-state index in [1.54, 1.807) is 0 Å². The maximum absolute atomic E-state index is 4.77. The summed E-state index contributed by atoms with van der Waals surface area (Å²) >= 11 is 1.83. The summed E-state index contributed by atoms with van der Waals surface area (Å²) in [7, 11) is 0. The Morgan fingerprint density at radius 3 is 2.50 bits per heavy atom. The van der Waals surface area contributed by atoms with Crippen LogP contribution in [0.4, 0.5) is 0 Å². The van der Waals surface area contributed by atoms with Crippen LogP contribution in [0, 0.1) is 0 Å². The van der Waals surface area contributed by atoms with E-state index in [2.05, 4.69) is 28.1 Å². The van der Waals surface area contributed by atoms with Gasteiger partial charge in [-0.15, -0.1) is 11.3 Å². The lowest BCUT2D eigenvalue weighted by atomic mass is 9.96. The van der Waals surface area contributed by atoms with Gasteiger partial charge in [-0.05, 0) is 37.1 Å². The predicted octanol–water partition coefficient (Wildman–Crippen LogP) is 3.32. The second kappa shape index (κ2) is 7.11. The van der Waals surface area contributed by atoms with E-state index in [1.807, 2.05) is 11.3 Å². The van der Waals surface area contributed by atoms with E-state index < -0.39 is 0 Å². The Morgan fingerprint density at radius 2 is 1.85 bits per heavy atom. The minimum atomic E-state index is 0.635. The normalized spacial score (nSPS) is 20.9. The molecule has 2 aliphatic carbocycles. The molecule has 20 heavy (non-hydrogen) atoms. The highest BCUT2D eigenvalue weighted by Gasteiger charge is 2.23. The highest BCUT2D eigenvalue weighted by atomic mass is 32.1. The topological polar surface area (TPSA) is 36.4 Å². The van der Waals surface area contributed by atoms with Crippen LogP contribution in [-0.4, -0.2) is 24.6 Å². The Hall–Kier alpha value is -1.03. The SMILES string of the molecule is c1csc(CCN=C(NC2CCCCC2)NC2CC2)c1. The van der Waals surface area contributed by atoms with E-state index in [4.69, 9.17) is 4.99 Å². The third kappa shape index (κ3) is 4.51. The van der Waals surface area contributed by atoms with Gasteiger partial charge in [0.1, 0.15) is 0 Å². The molecule has 0 bridgehead atoms.